The summed E-state index contributed by atoms with van der Waals surface area (Å²) < 4.78 is 16.2. The molecule has 0 saturated heterocycles. The first-order valence-electron chi connectivity index (χ1n) is 9.05. The maximum Gasteiger partial charge on any atom is 0.367 e. The number of ether oxygens (including phenoxy) is 3. The molecular formula is C21H21NO7. The first-order chi connectivity index (χ1) is 13.9. The fourth-order valence-corrected chi connectivity index (χ4v) is 2.74. The Labute approximate surface area is 167 Å². The fraction of sp³-hybridized carbons (Fsp3) is 0.286. The van der Waals surface area contributed by atoms with E-state index >= 15 is 0 Å². The van der Waals surface area contributed by atoms with Crippen LogP contribution in [-0.2, 0) is 9.57 Å². The predicted octanol–water partition coefficient (Wildman–Crippen LogP) is 2.87. The van der Waals surface area contributed by atoms with Crippen LogP contribution in [0.1, 0.15) is 44.9 Å². The van der Waals surface area contributed by atoms with Crippen molar-refractivity contribution < 1.29 is 33.4 Å². The second kappa shape index (κ2) is 8.74. The van der Waals surface area contributed by atoms with E-state index in [1.165, 1.54) is 31.4 Å². The van der Waals surface area contributed by atoms with Gasteiger partial charge in [-0.25, -0.2) is 4.79 Å². The highest BCUT2D eigenvalue weighted by molar-refractivity contribution is 6.21. The summed E-state index contributed by atoms with van der Waals surface area (Å²) in [6, 6.07) is 10.8. The van der Waals surface area contributed by atoms with Crippen molar-refractivity contribution in [1.29, 1.82) is 0 Å². The topological polar surface area (TPSA) is 91.4 Å². The minimum absolute atomic E-state index is 0.0437. The minimum atomic E-state index is -0.901. The fourth-order valence-electron chi connectivity index (χ4n) is 2.74. The standard InChI is InChI=1S/C21H21NO7/c1-13(2)27-10-11-28-18-12-14(26-3)8-9-17(18)21(25)29-22-19(23)15-6-4-5-7-16(15)20(22)24/h4-9,12-13H,10-11H2,1-3H3. The minimum Gasteiger partial charge on any atom is -0.497 e. The number of hydrogen-bond donors (Lipinski definition) is 0. The summed E-state index contributed by atoms with van der Waals surface area (Å²) in [4.78, 5) is 42.6. The molecular weight excluding hydrogens is 378 g/mol. The molecule has 152 valence electrons. The van der Waals surface area contributed by atoms with E-state index in [0.717, 1.165) is 0 Å². The van der Waals surface area contributed by atoms with Crippen molar-refractivity contribution in [2.75, 3.05) is 20.3 Å². The average molecular weight is 399 g/mol. The van der Waals surface area contributed by atoms with Gasteiger partial charge in [0.1, 0.15) is 23.7 Å². The maximum absolute atomic E-state index is 12.7. The summed E-state index contributed by atoms with van der Waals surface area (Å²) in [5.74, 6) is -1.62. The summed E-state index contributed by atoms with van der Waals surface area (Å²) in [6.07, 6.45) is 0.0437. The Kier molecular flexibility index (Phi) is 6.13. The summed E-state index contributed by atoms with van der Waals surface area (Å²) in [5, 5.41) is 0.461. The van der Waals surface area contributed by atoms with Gasteiger partial charge >= 0.3 is 5.97 Å². The first-order valence-corrected chi connectivity index (χ1v) is 9.05. The number of carbonyl (C=O) groups is 3. The Morgan fingerprint density at radius 2 is 1.66 bits per heavy atom. The third-order valence-electron chi connectivity index (χ3n) is 4.13. The smallest absolute Gasteiger partial charge is 0.367 e. The molecule has 0 aromatic heterocycles. The number of nitrogens with zero attached hydrogens (tertiary/aromatic N) is 1. The molecule has 0 aliphatic carbocycles. The van der Waals surface area contributed by atoms with Gasteiger partial charge in [0.2, 0.25) is 0 Å². The molecule has 0 unspecified atom stereocenters. The lowest BCUT2D eigenvalue weighted by Gasteiger charge is -2.16. The Bertz CT molecular complexity index is 903. The van der Waals surface area contributed by atoms with Gasteiger partial charge in [0.05, 0.1) is 30.9 Å². The molecule has 1 heterocycles. The number of amides is 2. The highest BCUT2D eigenvalue weighted by atomic mass is 16.7. The van der Waals surface area contributed by atoms with E-state index in [4.69, 9.17) is 19.0 Å². The van der Waals surface area contributed by atoms with Crippen molar-refractivity contribution in [3.05, 3.63) is 59.2 Å². The number of methoxy groups -OCH3 is 1. The number of benzene rings is 2. The molecule has 1 aliphatic heterocycles. The van der Waals surface area contributed by atoms with Gasteiger partial charge in [0.25, 0.3) is 11.8 Å². The van der Waals surface area contributed by atoms with Crippen LogP contribution in [0.25, 0.3) is 0 Å². The van der Waals surface area contributed by atoms with E-state index in [1.54, 1.807) is 18.2 Å². The molecule has 0 bridgehead atoms. The van der Waals surface area contributed by atoms with E-state index in [1.807, 2.05) is 13.8 Å². The van der Waals surface area contributed by atoms with Gasteiger partial charge in [0.15, 0.2) is 0 Å². The monoisotopic (exact) mass is 399 g/mol. The Hall–Kier alpha value is -3.39. The summed E-state index contributed by atoms with van der Waals surface area (Å²) in [7, 11) is 1.48. The van der Waals surface area contributed by atoms with E-state index < -0.39 is 17.8 Å². The van der Waals surface area contributed by atoms with E-state index in [9.17, 15) is 14.4 Å². The van der Waals surface area contributed by atoms with Gasteiger partial charge in [-0.15, -0.1) is 0 Å². The van der Waals surface area contributed by atoms with Gasteiger partial charge < -0.3 is 19.0 Å². The quantitative estimate of drug-likeness (QED) is 0.498. The molecule has 2 aromatic carbocycles. The van der Waals surface area contributed by atoms with Crippen LogP contribution in [0.4, 0.5) is 0 Å². The zero-order chi connectivity index (χ0) is 21.0. The molecule has 8 nitrogen and oxygen atoms in total. The van der Waals surface area contributed by atoms with Crippen LogP contribution >= 0.6 is 0 Å². The summed E-state index contributed by atoms with van der Waals surface area (Å²) >= 11 is 0. The van der Waals surface area contributed by atoms with Crippen LogP contribution in [0.5, 0.6) is 11.5 Å². The molecule has 2 aromatic rings. The van der Waals surface area contributed by atoms with Crippen molar-refractivity contribution in [2.24, 2.45) is 0 Å². The van der Waals surface area contributed by atoms with Crippen molar-refractivity contribution >= 4 is 17.8 Å². The average Bonchev–Trinajstić information content (AvgIpc) is 2.96. The SMILES string of the molecule is COc1ccc(C(=O)ON2C(=O)c3ccccc3C2=O)c(OCCOC(C)C)c1. The van der Waals surface area contributed by atoms with Crippen LogP contribution < -0.4 is 9.47 Å². The van der Waals surface area contributed by atoms with Crippen molar-refractivity contribution in [3.63, 3.8) is 0 Å². The molecule has 0 atom stereocenters. The molecule has 29 heavy (non-hydrogen) atoms. The lowest BCUT2D eigenvalue weighted by molar-refractivity contribution is -0.0587. The zero-order valence-corrected chi connectivity index (χ0v) is 16.3. The molecule has 0 N–H and O–H groups in total. The van der Waals surface area contributed by atoms with Gasteiger partial charge in [-0.1, -0.05) is 17.2 Å². The Morgan fingerprint density at radius 1 is 1.00 bits per heavy atom. The van der Waals surface area contributed by atoms with Crippen molar-refractivity contribution in [2.45, 2.75) is 20.0 Å². The van der Waals surface area contributed by atoms with Crippen LogP contribution in [0.15, 0.2) is 42.5 Å². The second-order valence-electron chi connectivity index (χ2n) is 6.46. The normalized spacial score (nSPS) is 12.9. The van der Waals surface area contributed by atoms with Crippen molar-refractivity contribution in [1.82, 2.24) is 5.06 Å². The Balaban J connectivity index is 1.76. The molecule has 0 radical (unpaired) electrons. The van der Waals surface area contributed by atoms with Crippen LogP contribution in [0.2, 0.25) is 0 Å². The molecule has 0 saturated carbocycles. The molecule has 0 fully saturated rings. The number of carbonyl (C=O) groups excluding carboxylic acids is 3. The van der Waals surface area contributed by atoms with E-state index in [0.29, 0.717) is 17.4 Å². The highest BCUT2D eigenvalue weighted by Gasteiger charge is 2.39. The van der Waals surface area contributed by atoms with Crippen LogP contribution in [0.3, 0.4) is 0 Å². The second-order valence-corrected chi connectivity index (χ2v) is 6.46. The predicted molar refractivity (Wildman–Crippen MR) is 102 cm³/mol. The number of imide groups is 1. The molecule has 1 aliphatic rings. The Morgan fingerprint density at radius 3 is 2.24 bits per heavy atom. The van der Waals surface area contributed by atoms with Crippen LogP contribution in [-0.4, -0.2) is 49.3 Å². The third kappa shape index (κ3) is 4.38. The lowest BCUT2D eigenvalue weighted by atomic mass is 10.1. The number of fused-ring (bicyclic) bond motifs is 1. The highest BCUT2D eigenvalue weighted by Crippen LogP contribution is 2.28. The third-order valence-corrected chi connectivity index (χ3v) is 4.13. The van der Waals surface area contributed by atoms with Gasteiger partial charge in [-0.2, -0.15) is 0 Å². The number of hydrogen-bond acceptors (Lipinski definition) is 7. The number of hydroxylamine groups is 2. The first kappa shape index (κ1) is 20.3. The van der Waals surface area contributed by atoms with Crippen molar-refractivity contribution in [3.8, 4) is 11.5 Å². The summed E-state index contributed by atoms with van der Waals surface area (Å²) in [5.41, 5.74) is 0.414. The van der Waals surface area contributed by atoms with Gasteiger partial charge in [-0.3, -0.25) is 9.59 Å². The summed E-state index contributed by atoms with van der Waals surface area (Å²) in [6.45, 7) is 4.31. The maximum atomic E-state index is 12.7. The molecule has 2 amide bonds. The van der Waals surface area contributed by atoms with E-state index in [2.05, 4.69) is 0 Å². The van der Waals surface area contributed by atoms with E-state index in [-0.39, 0.29) is 35.2 Å². The number of rotatable bonds is 8. The molecule has 3 rings (SSSR count). The van der Waals surface area contributed by atoms with Gasteiger partial charge in [0, 0.05) is 6.07 Å². The zero-order valence-electron chi connectivity index (χ0n) is 16.3. The van der Waals surface area contributed by atoms with Crippen LogP contribution in [0, 0.1) is 0 Å². The molecule has 8 heteroatoms. The largest absolute Gasteiger partial charge is 0.497 e. The lowest BCUT2D eigenvalue weighted by Crippen LogP contribution is -2.32. The van der Waals surface area contributed by atoms with Gasteiger partial charge in [-0.05, 0) is 38.1 Å². The molecule has 0 spiro atoms.